The van der Waals surface area contributed by atoms with E-state index in [0.717, 1.165) is 5.52 Å². The summed E-state index contributed by atoms with van der Waals surface area (Å²) < 4.78 is 19.7. The third-order valence-electron chi connectivity index (χ3n) is 3.98. The van der Waals surface area contributed by atoms with E-state index in [1.54, 1.807) is 12.1 Å². The Hall–Kier alpha value is -3.39. The number of fused-ring (bicyclic) bond motifs is 1. The Labute approximate surface area is 157 Å². The van der Waals surface area contributed by atoms with Crippen LogP contribution in [0.15, 0.2) is 42.5 Å². The number of nitrogens with zero attached hydrogens (tertiary/aromatic N) is 2. The van der Waals surface area contributed by atoms with Crippen LogP contribution in [-0.2, 0) is 0 Å². The van der Waals surface area contributed by atoms with Crippen LogP contribution in [0.1, 0.15) is 10.4 Å². The van der Waals surface area contributed by atoms with Crippen LogP contribution >= 0.6 is 11.6 Å². The van der Waals surface area contributed by atoms with E-state index in [2.05, 4.69) is 25.5 Å². The van der Waals surface area contributed by atoms with Gasteiger partial charge in [-0.1, -0.05) is 23.7 Å². The number of benzene rings is 2. The van der Waals surface area contributed by atoms with Gasteiger partial charge in [-0.2, -0.15) is 5.10 Å². The zero-order valence-corrected chi connectivity index (χ0v) is 14.8. The van der Waals surface area contributed by atoms with Crippen LogP contribution in [0.5, 0.6) is 5.75 Å². The largest absolute Gasteiger partial charge is 0.495 e. The Bertz CT molecular complexity index is 1120. The lowest BCUT2D eigenvalue weighted by Gasteiger charge is -2.06. The number of halogens is 2. The molecule has 0 saturated heterocycles. The number of rotatable bonds is 4. The maximum atomic E-state index is 14.7. The smallest absolute Gasteiger partial charge is 0.256 e. The molecule has 0 aliphatic rings. The summed E-state index contributed by atoms with van der Waals surface area (Å²) in [5.41, 5.74) is 1.75. The zero-order valence-electron chi connectivity index (χ0n) is 14.0. The molecule has 0 aliphatic heterocycles. The van der Waals surface area contributed by atoms with Gasteiger partial charge in [-0.15, -0.1) is 0 Å². The first-order valence-electron chi connectivity index (χ1n) is 7.90. The zero-order chi connectivity index (χ0) is 19.0. The SMILES string of the molecule is COc1ccc(C(=O)Nc2n[nH]c(-c3nc4ccccc4[nH]3)c2F)cc1Cl. The number of aromatic nitrogens is 4. The molecule has 0 unspecified atom stereocenters. The highest BCUT2D eigenvalue weighted by atomic mass is 35.5. The van der Waals surface area contributed by atoms with Gasteiger partial charge in [-0.25, -0.2) is 9.37 Å². The summed E-state index contributed by atoms with van der Waals surface area (Å²) in [6.45, 7) is 0. The standard InChI is InChI=1S/C18H13ClFN5O2/c1-27-13-7-6-9(8-10(13)19)18(26)23-16-14(20)15(24-25-16)17-21-11-4-2-3-5-12(11)22-17/h2-8H,1H3,(H,21,22)(H2,23,24,25,26). The van der Waals surface area contributed by atoms with Gasteiger partial charge in [-0.05, 0) is 30.3 Å². The summed E-state index contributed by atoms with van der Waals surface area (Å²) >= 11 is 6.02. The lowest BCUT2D eigenvalue weighted by molar-refractivity contribution is 0.102. The first kappa shape index (κ1) is 17.0. The number of H-pyrrole nitrogens is 2. The van der Waals surface area contributed by atoms with Gasteiger partial charge in [0.1, 0.15) is 11.4 Å². The first-order valence-corrected chi connectivity index (χ1v) is 8.28. The normalized spacial score (nSPS) is 10.9. The van der Waals surface area contributed by atoms with Gasteiger partial charge in [0.2, 0.25) is 0 Å². The number of hydrogen-bond donors (Lipinski definition) is 3. The van der Waals surface area contributed by atoms with E-state index in [1.807, 2.05) is 18.2 Å². The van der Waals surface area contributed by atoms with Crippen molar-refractivity contribution in [3.63, 3.8) is 0 Å². The van der Waals surface area contributed by atoms with E-state index >= 15 is 0 Å². The molecule has 0 aliphatic carbocycles. The monoisotopic (exact) mass is 385 g/mol. The van der Waals surface area contributed by atoms with Crippen LogP contribution in [0.2, 0.25) is 5.02 Å². The predicted molar refractivity (Wildman–Crippen MR) is 99.6 cm³/mol. The van der Waals surface area contributed by atoms with Crippen molar-refractivity contribution in [2.45, 2.75) is 0 Å². The molecule has 0 saturated carbocycles. The van der Waals surface area contributed by atoms with E-state index in [0.29, 0.717) is 11.3 Å². The number of ether oxygens (including phenoxy) is 1. The van der Waals surface area contributed by atoms with Gasteiger partial charge in [0.25, 0.3) is 5.91 Å². The molecule has 0 bridgehead atoms. The molecule has 4 rings (SSSR count). The number of carbonyl (C=O) groups is 1. The van der Waals surface area contributed by atoms with Gasteiger partial charge in [0.05, 0.1) is 23.2 Å². The molecular weight excluding hydrogens is 373 g/mol. The highest BCUT2D eigenvalue weighted by molar-refractivity contribution is 6.32. The van der Waals surface area contributed by atoms with Crippen molar-refractivity contribution >= 4 is 34.4 Å². The van der Waals surface area contributed by atoms with Gasteiger partial charge >= 0.3 is 0 Å². The Morgan fingerprint density at radius 1 is 1.26 bits per heavy atom. The molecule has 27 heavy (non-hydrogen) atoms. The lowest BCUT2D eigenvalue weighted by atomic mass is 10.2. The number of para-hydroxylation sites is 2. The number of amides is 1. The van der Waals surface area contributed by atoms with Gasteiger partial charge in [-0.3, -0.25) is 9.89 Å². The summed E-state index contributed by atoms with van der Waals surface area (Å²) in [6, 6.07) is 11.8. The second-order valence-electron chi connectivity index (χ2n) is 5.67. The number of hydrogen-bond acceptors (Lipinski definition) is 4. The minimum Gasteiger partial charge on any atom is -0.495 e. The fourth-order valence-electron chi connectivity index (χ4n) is 2.63. The molecule has 1 amide bonds. The topological polar surface area (TPSA) is 95.7 Å². The molecule has 2 heterocycles. The second kappa shape index (κ2) is 6.73. The first-order chi connectivity index (χ1) is 13.1. The van der Waals surface area contributed by atoms with Crippen molar-refractivity contribution in [2.75, 3.05) is 12.4 Å². The van der Waals surface area contributed by atoms with E-state index in [9.17, 15) is 9.18 Å². The average Bonchev–Trinajstić information content (AvgIpc) is 3.25. The fourth-order valence-corrected chi connectivity index (χ4v) is 2.88. The third kappa shape index (κ3) is 3.11. The Morgan fingerprint density at radius 2 is 2.07 bits per heavy atom. The number of methoxy groups -OCH3 is 1. The third-order valence-corrected chi connectivity index (χ3v) is 4.27. The lowest BCUT2D eigenvalue weighted by Crippen LogP contribution is -2.13. The Morgan fingerprint density at radius 3 is 2.81 bits per heavy atom. The molecule has 0 spiro atoms. The molecule has 7 nitrogen and oxygen atoms in total. The molecule has 9 heteroatoms. The van der Waals surface area contributed by atoms with Crippen LogP contribution in [0.25, 0.3) is 22.6 Å². The molecule has 0 fully saturated rings. The minimum absolute atomic E-state index is 0.0502. The van der Waals surface area contributed by atoms with Gasteiger partial charge < -0.3 is 15.0 Å². The van der Waals surface area contributed by atoms with Crippen LogP contribution in [0.3, 0.4) is 0 Å². The van der Waals surface area contributed by atoms with Crippen LogP contribution in [0, 0.1) is 5.82 Å². The van der Waals surface area contributed by atoms with E-state index in [4.69, 9.17) is 16.3 Å². The average molecular weight is 386 g/mol. The predicted octanol–water partition coefficient (Wildman–Crippen LogP) is 4.01. The molecule has 0 atom stereocenters. The summed E-state index contributed by atoms with van der Waals surface area (Å²) in [7, 11) is 1.47. The van der Waals surface area contributed by atoms with Crippen LogP contribution in [0.4, 0.5) is 10.2 Å². The maximum absolute atomic E-state index is 14.7. The van der Waals surface area contributed by atoms with E-state index in [1.165, 1.54) is 19.2 Å². The Kier molecular flexibility index (Phi) is 4.25. The summed E-state index contributed by atoms with van der Waals surface area (Å²) in [6.07, 6.45) is 0. The highest BCUT2D eigenvalue weighted by Gasteiger charge is 2.20. The summed E-state index contributed by atoms with van der Waals surface area (Å²) in [4.78, 5) is 19.7. The molecule has 136 valence electrons. The van der Waals surface area contributed by atoms with Gasteiger partial charge in [0, 0.05) is 5.56 Å². The number of aromatic amines is 2. The minimum atomic E-state index is -0.720. The van der Waals surface area contributed by atoms with E-state index < -0.39 is 11.7 Å². The van der Waals surface area contributed by atoms with Gasteiger partial charge in [0.15, 0.2) is 17.5 Å². The van der Waals surface area contributed by atoms with Crippen molar-refractivity contribution in [1.82, 2.24) is 20.2 Å². The molecule has 0 radical (unpaired) electrons. The quantitative estimate of drug-likeness (QED) is 0.494. The Balaban J connectivity index is 1.60. The highest BCUT2D eigenvalue weighted by Crippen LogP contribution is 2.27. The van der Waals surface area contributed by atoms with Crippen molar-refractivity contribution in [1.29, 1.82) is 0 Å². The summed E-state index contributed by atoms with van der Waals surface area (Å²) in [5, 5.41) is 9.08. The van der Waals surface area contributed by atoms with Crippen molar-refractivity contribution < 1.29 is 13.9 Å². The maximum Gasteiger partial charge on any atom is 0.256 e. The van der Waals surface area contributed by atoms with Crippen LogP contribution in [-0.4, -0.2) is 33.2 Å². The molecule has 2 aromatic carbocycles. The number of imidazole rings is 1. The molecule has 4 aromatic rings. The number of nitrogens with one attached hydrogen (secondary N) is 3. The van der Waals surface area contributed by atoms with Crippen LogP contribution < -0.4 is 10.1 Å². The summed E-state index contributed by atoms with van der Waals surface area (Å²) in [5.74, 6) is -0.786. The van der Waals surface area contributed by atoms with E-state index in [-0.39, 0.29) is 27.9 Å². The van der Waals surface area contributed by atoms with Crippen molar-refractivity contribution in [2.24, 2.45) is 0 Å². The molecule has 3 N–H and O–H groups in total. The fraction of sp³-hybridized carbons (Fsp3) is 0.0556. The number of anilines is 1. The number of carbonyl (C=O) groups excluding carboxylic acids is 1. The van der Waals surface area contributed by atoms with Crippen molar-refractivity contribution in [3.05, 3.63) is 58.9 Å². The second-order valence-corrected chi connectivity index (χ2v) is 6.07. The molecular formula is C18H13ClFN5O2. The molecule has 2 aromatic heterocycles. The van der Waals surface area contributed by atoms with Crippen molar-refractivity contribution in [3.8, 4) is 17.3 Å².